The molecule has 7 heteroatoms. The topological polar surface area (TPSA) is 76.1 Å². The van der Waals surface area contributed by atoms with Gasteiger partial charge in [0.05, 0.1) is 25.2 Å². The van der Waals surface area contributed by atoms with Crippen LogP contribution in [0, 0.1) is 0 Å². The molecule has 0 saturated heterocycles. The lowest BCUT2D eigenvalue weighted by Crippen LogP contribution is -2.41. The normalized spacial score (nSPS) is 14.5. The second kappa shape index (κ2) is 8.88. The van der Waals surface area contributed by atoms with Crippen molar-refractivity contribution in [3.05, 3.63) is 87.4 Å². The summed E-state index contributed by atoms with van der Waals surface area (Å²) in [5.41, 5.74) is 2.85. The Balaban J connectivity index is 1.79. The van der Waals surface area contributed by atoms with Crippen LogP contribution < -0.4 is 9.47 Å². The lowest BCUT2D eigenvalue weighted by molar-refractivity contribution is -0.123. The third-order valence-electron chi connectivity index (χ3n) is 5.25. The van der Waals surface area contributed by atoms with Crippen molar-refractivity contribution in [3.63, 3.8) is 0 Å². The highest BCUT2D eigenvalue weighted by Gasteiger charge is 2.34. The molecule has 0 aromatic heterocycles. The molecule has 0 spiro atoms. The lowest BCUT2D eigenvalue weighted by atomic mass is 9.91. The molecular weight excluding hydrogens is 474 g/mol. The molecule has 6 nitrogen and oxygen atoms in total. The molecule has 3 aromatic rings. The van der Waals surface area contributed by atoms with Crippen molar-refractivity contribution in [1.29, 1.82) is 0 Å². The summed E-state index contributed by atoms with van der Waals surface area (Å²) in [5.74, 6) is 0.203. The highest BCUT2D eigenvalue weighted by molar-refractivity contribution is 9.10. The Morgan fingerprint density at radius 3 is 2.28 bits per heavy atom. The summed E-state index contributed by atoms with van der Waals surface area (Å²) in [5, 5.41) is 10.1. The maximum Gasteiger partial charge on any atom is 0.261 e. The minimum absolute atomic E-state index is 0.0265. The van der Waals surface area contributed by atoms with Gasteiger partial charge in [-0.2, -0.15) is 0 Å². The minimum atomic E-state index is -0.396. The average molecular weight is 494 g/mol. The largest absolute Gasteiger partial charge is 0.503 e. The van der Waals surface area contributed by atoms with E-state index in [-0.39, 0.29) is 24.0 Å². The third kappa shape index (κ3) is 3.99. The van der Waals surface area contributed by atoms with Gasteiger partial charge in [-0.1, -0.05) is 30.3 Å². The van der Waals surface area contributed by atoms with Crippen LogP contribution in [0.15, 0.2) is 65.1 Å². The molecule has 0 bridgehead atoms. The number of carbonyl (C=O) groups is 2. The van der Waals surface area contributed by atoms with E-state index in [1.54, 1.807) is 61.7 Å². The Morgan fingerprint density at radius 1 is 0.938 bits per heavy atom. The van der Waals surface area contributed by atoms with Crippen LogP contribution in [-0.4, -0.2) is 36.0 Å². The summed E-state index contributed by atoms with van der Waals surface area (Å²) in [4.78, 5) is 27.8. The van der Waals surface area contributed by atoms with Gasteiger partial charge >= 0.3 is 0 Å². The van der Waals surface area contributed by atoms with Crippen LogP contribution in [0.4, 0.5) is 0 Å². The first-order valence-electron chi connectivity index (χ1n) is 9.79. The van der Waals surface area contributed by atoms with E-state index in [9.17, 15) is 14.7 Å². The molecule has 1 heterocycles. The fourth-order valence-electron chi connectivity index (χ4n) is 3.60. The number of phenolic OH excluding ortho intramolecular Hbond substituents is 1. The zero-order chi connectivity index (χ0) is 22.8. The van der Waals surface area contributed by atoms with E-state index in [1.807, 2.05) is 12.1 Å². The Morgan fingerprint density at radius 2 is 1.62 bits per heavy atom. The van der Waals surface area contributed by atoms with E-state index in [4.69, 9.17) is 9.47 Å². The number of hydrogen-bond donors (Lipinski definition) is 1. The molecule has 3 aromatic carbocycles. The number of phenols is 1. The molecular formula is C25H20BrNO5. The number of halogens is 1. The number of fused-ring (bicyclic) bond motifs is 1. The fourth-order valence-corrected chi connectivity index (χ4v) is 4.06. The summed E-state index contributed by atoms with van der Waals surface area (Å²) in [6.45, 7) is 0.135. The van der Waals surface area contributed by atoms with E-state index < -0.39 is 5.91 Å². The van der Waals surface area contributed by atoms with E-state index in [1.165, 1.54) is 12.0 Å². The van der Waals surface area contributed by atoms with Gasteiger partial charge in [0.15, 0.2) is 11.5 Å². The zero-order valence-corrected chi connectivity index (χ0v) is 19.0. The first kappa shape index (κ1) is 21.6. The SMILES string of the molecule is COc1ccc(CN2C(=O)/C(=C\c3cc(Br)c(O)c(OC)c3)c3ccccc3C2=O)cc1. The highest BCUT2D eigenvalue weighted by atomic mass is 79.9. The number of aromatic hydroxyl groups is 1. The Labute approximate surface area is 193 Å². The van der Waals surface area contributed by atoms with Gasteiger partial charge in [-0.05, 0) is 69.0 Å². The summed E-state index contributed by atoms with van der Waals surface area (Å²) >= 11 is 3.31. The molecule has 0 fully saturated rings. The van der Waals surface area contributed by atoms with Crippen LogP contribution in [-0.2, 0) is 11.3 Å². The van der Waals surface area contributed by atoms with Crippen molar-refractivity contribution in [1.82, 2.24) is 4.90 Å². The first-order chi connectivity index (χ1) is 15.4. The lowest BCUT2D eigenvalue weighted by Gasteiger charge is -2.29. The number of imide groups is 1. The van der Waals surface area contributed by atoms with Gasteiger partial charge in [0.25, 0.3) is 11.8 Å². The highest BCUT2D eigenvalue weighted by Crippen LogP contribution is 2.37. The van der Waals surface area contributed by atoms with Crippen molar-refractivity contribution >= 4 is 39.4 Å². The van der Waals surface area contributed by atoms with Crippen LogP contribution in [0.2, 0.25) is 0 Å². The van der Waals surface area contributed by atoms with Crippen molar-refractivity contribution in [3.8, 4) is 17.2 Å². The van der Waals surface area contributed by atoms with Crippen LogP contribution in [0.1, 0.15) is 27.0 Å². The standard InChI is InChI=1S/C25H20BrNO5/c1-31-17-9-7-15(8-10-17)14-27-24(29)19-6-4-3-5-18(19)20(25(27)30)11-16-12-21(26)23(28)22(13-16)32-2/h3-13,28H,14H2,1-2H3/b20-11-. The van der Waals surface area contributed by atoms with Crippen LogP contribution in [0.3, 0.4) is 0 Å². The van der Waals surface area contributed by atoms with Gasteiger partial charge in [-0.15, -0.1) is 0 Å². The molecule has 0 unspecified atom stereocenters. The molecule has 1 aliphatic heterocycles. The van der Waals surface area contributed by atoms with Crippen molar-refractivity contribution in [2.75, 3.05) is 14.2 Å². The van der Waals surface area contributed by atoms with E-state index in [2.05, 4.69) is 15.9 Å². The second-order valence-corrected chi connectivity index (χ2v) is 8.06. The molecule has 2 amide bonds. The number of ether oxygens (including phenoxy) is 2. The molecule has 4 rings (SSSR count). The number of methoxy groups -OCH3 is 2. The number of hydrogen-bond acceptors (Lipinski definition) is 5. The molecule has 162 valence electrons. The maximum absolute atomic E-state index is 13.5. The summed E-state index contributed by atoms with van der Waals surface area (Å²) in [7, 11) is 3.03. The molecule has 0 saturated carbocycles. The summed E-state index contributed by atoms with van der Waals surface area (Å²) in [6, 6.07) is 17.6. The van der Waals surface area contributed by atoms with E-state index in [0.717, 1.165) is 5.56 Å². The Hall–Kier alpha value is -3.58. The van der Waals surface area contributed by atoms with Gasteiger partial charge in [0, 0.05) is 11.1 Å². The molecule has 0 aliphatic carbocycles. The smallest absolute Gasteiger partial charge is 0.261 e. The minimum Gasteiger partial charge on any atom is -0.503 e. The van der Waals surface area contributed by atoms with Gasteiger partial charge in [0.1, 0.15) is 5.75 Å². The number of rotatable bonds is 5. The average Bonchev–Trinajstić information content (AvgIpc) is 2.82. The number of carbonyl (C=O) groups excluding carboxylic acids is 2. The predicted molar refractivity (Wildman–Crippen MR) is 125 cm³/mol. The van der Waals surface area contributed by atoms with Gasteiger partial charge in [0.2, 0.25) is 0 Å². The number of benzene rings is 3. The van der Waals surface area contributed by atoms with Gasteiger partial charge in [-0.3, -0.25) is 14.5 Å². The molecule has 0 radical (unpaired) electrons. The van der Waals surface area contributed by atoms with E-state index >= 15 is 0 Å². The van der Waals surface area contributed by atoms with Crippen LogP contribution in [0.25, 0.3) is 11.6 Å². The van der Waals surface area contributed by atoms with Crippen molar-refractivity contribution < 1.29 is 24.2 Å². The van der Waals surface area contributed by atoms with Crippen molar-refractivity contribution in [2.24, 2.45) is 0 Å². The predicted octanol–water partition coefficient (Wildman–Crippen LogP) is 4.90. The maximum atomic E-state index is 13.5. The van der Waals surface area contributed by atoms with E-state index in [0.29, 0.717) is 32.5 Å². The van der Waals surface area contributed by atoms with Crippen molar-refractivity contribution in [2.45, 2.75) is 6.54 Å². The molecule has 1 N–H and O–H groups in total. The second-order valence-electron chi connectivity index (χ2n) is 7.20. The zero-order valence-electron chi connectivity index (χ0n) is 17.5. The Bertz CT molecular complexity index is 1230. The summed E-state index contributed by atoms with van der Waals surface area (Å²) in [6.07, 6.45) is 1.70. The summed E-state index contributed by atoms with van der Waals surface area (Å²) < 4.78 is 10.8. The quantitative estimate of drug-likeness (QED) is 0.404. The molecule has 0 atom stereocenters. The van der Waals surface area contributed by atoms with Gasteiger partial charge in [-0.25, -0.2) is 0 Å². The number of nitrogens with zero attached hydrogens (tertiary/aromatic N) is 1. The number of amides is 2. The molecule has 1 aliphatic rings. The van der Waals surface area contributed by atoms with Crippen LogP contribution >= 0.6 is 15.9 Å². The third-order valence-corrected chi connectivity index (χ3v) is 5.85. The Kier molecular flexibility index (Phi) is 6.01. The fraction of sp³-hybridized carbons (Fsp3) is 0.120. The van der Waals surface area contributed by atoms with Gasteiger partial charge < -0.3 is 14.6 Å². The molecule has 32 heavy (non-hydrogen) atoms. The van der Waals surface area contributed by atoms with Crippen LogP contribution in [0.5, 0.6) is 17.2 Å². The monoisotopic (exact) mass is 493 g/mol. The first-order valence-corrected chi connectivity index (χ1v) is 10.6.